The van der Waals surface area contributed by atoms with Gasteiger partial charge in [0, 0.05) is 18.7 Å². The van der Waals surface area contributed by atoms with Gasteiger partial charge in [-0.1, -0.05) is 29.8 Å². The Morgan fingerprint density at radius 2 is 1.92 bits per heavy atom. The Morgan fingerprint density at radius 3 is 2.58 bits per heavy atom. The molecule has 134 valence electrons. The van der Waals surface area contributed by atoms with Crippen molar-refractivity contribution in [2.75, 3.05) is 13.1 Å². The number of rotatable bonds is 5. The zero-order valence-corrected chi connectivity index (χ0v) is 15.3. The number of furan rings is 1. The summed E-state index contributed by atoms with van der Waals surface area (Å²) in [5, 5.41) is 2.32. The molecule has 0 saturated carbocycles. The third-order valence-corrected chi connectivity index (χ3v) is 4.85. The lowest BCUT2D eigenvalue weighted by molar-refractivity contribution is -0.122. The molecule has 3 rings (SSSR count). The predicted octanol–water partition coefficient (Wildman–Crippen LogP) is 3.36. The summed E-state index contributed by atoms with van der Waals surface area (Å²) in [5.74, 6) is -0.475. The largest absolute Gasteiger partial charge is 0.459 e. The first-order chi connectivity index (χ1) is 12.5. The van der Waals surface area contributed by atoms with Crippen molar-refractivity contribution in [3.8, 4) is 0 Å². The molecular weight excluding hydrogens is 352 g/mol. The lowest BCUT2D eigenvalue weighted by Crippen LogP contribution is -2.37. The zero-order chi connectivity index (χ0) is 18.7. The second kappa shape index (κ2) is 7.61. The van der Waals surface area contributed by atoms with Crippen LogP contribution in [0.3, 0.4) is 0 Å². The number of aryl methyl sites for hydroxylation is 2. The van der Waals surface area contributed by atoms with Gasteiger partial charge in [-0.3, -0.25) is 19.3 Å². The van der Waals surface area contributed by atoms with E-state index >= 15 is 0 Å². The summed E-state index contributed by atoms with van der Waals surface area (Å²) in [4.78, 5) is 38.0. The van der Waals surface area contributed by atoms with Gasteiger partial charge in [-0.15, -0.1) is 0 Å². The summed E-state index contributed by atoms with van der Waals surface area (Å²) < 4.78 is 5.11. The Labute approximate surface area is 155 Å². The average molecular weight is 370 g/mol. The van der Waals surface area contributed by atoms with Gasteiger partial charge in [-0.25, -0.2) is 0 Å². The molecule has 0 bridgehead atoms. The predicted molar refractivity (Wildman–Crippen MR) is 99.6 cm³/mol. The minimum atomic E-state index is -0.366. The van der Waals surface area contributed by atoms with Crippen molar-refractivity contribution in [3.05, 3.63) is 64.0 Å². The summed E-state index contributed by atoms with van der Waals surface area (Å²) in [6.07, 6.45) is 3.14. The number of nitrogens with zero attached hydrogens (tertiary/aromatic N) is 1. The smallest absolute Gasteiger partial charge is 0.293 e. The van der Waals surface area contributed by atoms with Crippen LogP contribution in [0.5, 0.6) is 0 Å². The maximum absolute atomic E-state index is 12.4. The summed E-state index contributed by atoms with van der Waals surface area (Å²) in [7, 11) is 0. The van der Waals surface area contributed by atoms with Crippen LogP contribution in [0.2, 0.25) is 0 Å². The van der Waals surface area contributed by atoms with Gasteiger partial charge in [0.2, 0.25) is 0 Å². The van der Waals surface area contributed by atoms with Crippen molar-refractivity contribution in [2.24, 2.45) is 0 Å². The number of carbonyl (C=O) groups is 3. The normalized spacial score (nSPS) is 15.8. The van der Waals surface area contributed by atoms with Crippen molar-refractivity contribution in [2.45, 2.75) is 13.8 Å². The Balaban J connectivity index is 1.60. The highest BCUT2D eigenvalue weighted by Gasteiger charge is 2.34. The van der Waals surface area contributed by atoms with Crippen LogP contribution in [0.15, 0.2) is 45.9 Å². The molecule has 1 aliphatic rings. The second-order valence-corrected chi connectivity index (χ2v) is 6.93. The van der Waals surface area contributed by atoms with Crippen LogP contribution in [0.1, 0.15) is 27.2 Å². The molecule has 1 aromatic heterocycles. The van der Waals surface area contributed by atoms with Crippen LogP contribution in [0, 0.1) is 13.8 Å². The number of carbonyl (C=O) groups excluding carboxylic acids is 3. The maximum atomic E-state index is 12.4. The lowest BCUT2D eigenvalue weighted by atomic mass is 10.1. The number of imide groups is 1. The van der Waals surface area contributed by atoms with Crippen molar-refractivity contribution in [1.29, 1.82) is 0 Å². The first kappa shape index (κ1) is 18.0. The topological polar surface area (TPSA) is 79.6 Å². The van der Waals surface area contributed by atoms with Gasteiger partial charge < -0.3 is 9.73 Å². The van der Waals surface area contributed by atoms with Crippen LogP contribution >= 0.6 is 11.8 Å². The molecule has 1 aromatic carbocycles. The molecule has 7 heteroatoms. The van der Waals surface area contributed by atoms with E-state index in [1.165, 1.54) is 6.26 Å². The molecule has 26 heavy (non-hydrogen) atoms. The average Bonchev–Trinajstić information content (AvgIpc) is 3.15. The summed E-state index contributed by atoms with van der Waals surface area (Å²) in [5.41, 5.74) is 2.72. The van der Waals surface area contributed by atoms with Crippen molar-refractivity contribution in [3.63, 3.8) is 0 Å². The van der Waals surface area contributed by atoms with Gasteiger partial charge in [-0.2, -0.15) is 0 Å². The highest BCUT2D eigenvalue weighted by molar-refractivity contribution is 8.18. The van der Waals surface area contributed by atoms with E-state index in [1.54, 1.807) is 19.1 Å². The molecule has 0 atom stereocenters. The Kier molecular flexibility index (Phi) is 5.27. The SMILES string of the molecule is Cc1ccc(C=C2SC(=O)N(CCNC(=O)c3occc3C)C2=O)cc1. The summed E-state index contributed by atoms with van der Waals surface area (Å²) in [6.45, 7) is 4.02. The fraction of sp³-hybridized carbons (Fsp3) is 0.211. The Morgan fingerprint density at radius 1 is 1.19 bits per heavy atom. The third-order valence-electron chi connectivity index (χ3n) is 3.94. The third kappa shape index (κ3) is 3.88. The Hall–Kier alpha value is -2.80. The van der Waals surface area contributed by atoms with Gasteiger partial charge in [0.25, 0.3) is 17.1 Å². The standard InChI is InChI=1S/C19H18N2O4S/c1-12-3-5-14(6-4-12)11-15-18(23)21(19(24)26-15)9-8-20-17(22)16-13(2)7-10-25-16/h3-7,10-11H,8-9H2,1-2H3,(H,20,22). The van der Waals surface area contributed by atoms with E-state index in [0.717, 1.165) is 33.4 Å². The van der Waals surface area contributed by atoms with Crippen molar-refractivity contribution >= 4 is 34.9 Å². The number of amides is 3. The molecular formula is C19H18N2O4S. The highest BCUT2D eigenvalue weighted by Crippen LogP contribution is 2.31. The van der Waals surface area contributed by atoms with Gasteiger partial charge >= 0.3 is 0 Å². The van der Waals surface area contributed by atoms with E-state index in [9.17, 15) is 14.4 Å². The van der Waals surface area contributed by atoms with Crippen LogP contribution < -0.4 is 5.32 Å². The molecule has 1 aliphatic heterocycles. The molecule has 0 spiro atoms. The maximum Gasteiger partial charge on any atom is 0.293 e. The van der Waals surface area contributed by atoms with E-state index in [0.29, 0.717) is 4.91 Å². The molecule has 6 nitrogen and oxygen atoms in total. The van der Waals surface area contributed by atoms with E-state index in [4.69, 9.17) is 4.42 Å². The zero-order valence-electron chi connectivity index (χ0n) is 14.4. The first-order valence-corrected chi connectivity index (χ1v) is 8.91. The molecule has 1 N–H and O–H groups in total. The molecule has 1 saturated heterocycles. The number of hydrogen-bond donors (Lipinski definition) is 1. The molecule has 2 heterocycles. The second-order valence-electron chi connectivity index (χ2n) is 5.93. The molecule has 3 amide bonds. The van der Waals surface area contributed by atoms with Crippen LogP contribution in [-0.4, -0.2) is 35.0 Å². The molecule has 0 radical (unpaired) electrons. The number of nitrogens with one attached hydrogen (secondary N) is 1. The summed E-state index contributed by atoms with van der Waals surface area (Å²) >= 11 is 0.907. The Bertz CT molecular complexity index is 883. The lowest BCUT2D eigenvalue weighted by Gasteiger charge is -2.12. The van der Waals surface area contributed by atoms with E-state index < -0.39 is 0 Å². The minimum Gasteiger partial charge on any atom is -0.459 e. The van der Waals surface area contributed by atoms with Crippen molar-refractivity contribution in [1.82, 2.24) is 10.2 Å². The molecule has 0 aliphatic carbocycles. The fourth-order valence-corrected chi connectivity index (χ4v) is 3.34. The van der Waals surface area contributed by atoms with E-state index in [-0.39, 0.29) is 35.9 Å². The van der Waals surface area contributed by atoms with Gasteiger partial charge in [-0.05, 0) is 43.3 Å². The van der Waals surface area contributed by atoms with Gasteiger partial charge in [0.15, 0.2) is 5.76 Å². The van der Waals surface area contributed by atoms with E-state index in [1.807, 2.05) is 31.2 Å². The fourth-order valence-electron chi connectivity index (χ4n) is 2.47. The molecule has 0 unspecified atom stereocenters. The number of hydrogen-bond acceptors (Lipinski definition) is 5. The monoisotopic (exact) mass is 370 g/mol. The molecule has 1 fully saturated rings. The summed E-state index contributed by atoms with van der Waals surface area (Å²) in [6, 6.07) is 9.39. The number of benzene rings is 1. The highest BCUT2D eigenvalue weighted by atomic mass is 32.2. The van der Waals surface area contributed by atoms with Crippen LogP contribution in [-0.2, 0) is 4.79 Å². The number of thioether (sulfide) groups is 1. The quantitative estimate of drug-likeness (QED) is 0.817. The van der Waals surface area contributed by atoms with Gasteiger partial charge in [0.05, 0.1) is 11.2 Å². The van der Waals surface area contributed by atoms with Gasteiger partial charge in [0.1, 0.15) is 0 Å². The molecule has 2 aromatic rings. The van der Waals surface area contributed by atoms with E-state index in [2.05, 4.69) is 5.32 Å². The van der Waals surface area contributed by atoms with Crippen LogP contribution in [0.4, 0.5) is 4.79 Å². The van der Waals surface area contributed by atoms with Crippen molar-refractivity contribution < 1.29 is 18.8 Å². The minimum absolute atomic E-state index is 0.113. The first-order valence-electron chi connectivity index (χ1n) is 8.10. The van der Waals surface area contributed by atoms with Crippen LogP contribution in [0.25, 0.3) is 6.08 Å².